The fourth-order valence-electron chi connectivity index (χ4n) is 1.94. The van der Waals surface area contributed by atoms with Crippen molar-refractivity contribution < 1.29 is 0 Å². The van der Waals surface area contributed by atoms with Gasteiger partial charge in [0.15, 0.2) is 0 Å². The van der Waals surface area contributed by atoms with Crippen molar-refractivity contribution in [2.75, 3.05) is 31.4 Å². The van der Waals surface area contributed by atoms with Gasteiger partial charge >= 0.3 is 0 Å². The molecule has 1 fully saturated rings. The SMILES string of the molecule is C1CCC2=NCCCN2CC1.ClCCCl. The molecule has 2 rings (SSSR count). The monoisotopic (exact) mass is 250 g/mol. The molecule has 0 aliphatic carbocycles. The van der Waals surface area contributed by atoms with E-state index in [-0.39, 0.29) is 0 Å². The first kappa shape index (κ1) is 13.1. The average molecular weight is 251 g/mol. The smallest absolute Gasteiger partial charge is 0.0988 e. The van der Waals surface area contributed by atoms with Crippen molar-refractivity contribution in [1.82, 2.24) is 4.90 Å². The highest BCUT2D eigenvalue weighted by Gasteiger charge is 2.16. The van der Waals surface area contributed by atoms with Gasteiger partial charge in [-0.25, -0.2) is 0 Å². The molecule has 15 heavy (non-hydrogen) atoms. The Bertz CT molecular complexity index is 193. The van der Waals surface area contributed by atoms with E-state index in [0.717, 1.165) is 6.54 Å². The number of halogens is 2. The topological polar surface area (TPSA) is 15.6 Å². The van der Waals surface area contributed by atoms with E-state index in [0.29, 0.717) is 11.8 Å². The van der Waals surface area contributed by atoms with Crippen LogP contribution >= 0.6 is 23.2 Å². The molecule has 0 bridgehead atoms. The van der Waals surface area contributed by atoms with Crippen LogP contribution < -0.4 is 0 Å². The molecule has 2 aliphatic heterocycles. The summed E-state index contributed by atoms with van der Waals surface area (Å²) in [6.07, 6.45) is 6.63. The highest BCUT2D eigenvalue weighted by Crippen LogP contribution is 2.15. The number of fused-ring (bicyclic) bond motifs is 1. The number of rotatable bonds is 1. The van der Waals surface area contributed by atoms with Crippen molar-refractivity contribution in [2.45, 2.75) is 32.1 Å². The maximum atomic E-state index is 5.05. The highest BCUT2D eigenvalue weighted by atomic mass is 35.5. The molecule has 2 aliphatic rings. The third kappa shape index (κ3) is 5.07. The zero-order chi connectivity index (χ0) is 10.9. The highest BCUT2D eigenvalue weighted by molar-refractivity contribution is 6.25. The Kier molecular flexibility index (Phi) is 7.20. The van der Waals surface area contributed by atoms with Gasteiger partial charge in [0.1, 0.15) is 0 Å². The Morgan fingerprint density at radius 1 is 1.00 bits per heavy atom. The molecule has 2 heterocycles. The van der Waals surface area contributed by atoms with Crippen LogP contribution in [0.5, 0.6) is 0 Å². The number of hydrogen-bond donors (Lipinski definition) is 0. The molecule has 0 amide bonds. The van der Waals surface area contributed by atoms with Crippen LogP contribution in [-0.2, 0) is 0 Å². The summed E-state index contributed by atoms with van der Waals surface area (Å²) >= 11 is 10.1. The van der Waals surface area contributed by atoms with Gasteiger partial charge in [-0.2, -0.15) is 0 Å². The van der Waals surface area contributed by atoms with E-state index >= 15 is 0 Å². The zero-order valence-corrected chi connectivity index (χ0v) is 10.7. The van der Waals surface area contributed by atoms with Crippen molar-refractivity contribution >= 4 is 29.0 Å². The van der Waals surface area contributed by atoms with Crippen LogP contribution in [0.15, 0.2) is 4.99 Å². The Hall–Kier alpha value is 0.0500. The summed E-state index contributed by atoms with van der Waals surface area (Å²) in [6, 6.07) is 0. The fourth-order valence-corrected chi connectivity index (χ4v) is 1.94. The van der Waals surface area contributed by atoms with Crippen molar-refractivity contribution in [3.63, 3.8) is 0 Å². The first-order chi connectivity index (χ1) is 7.38. The van der Waals surface area contributed by atoms with E-state index in [1.54, 1.807) is 0 Å². The van der Waals surface area contributed by atoms with Crippen LogP contribution in [0.3, 0.4) is 0 Å². The van der Waals surface area contributed by atoms with Gasteiger partial charge in [0.05, 0.1) is 5.84 Å². The van der Waals surface area contributed by atoms with E-state index in [2.05, 4.69) is 9.89 Å². The van der Waals surface area contributed by atoms with Crippen molar-refractivity contribution in [3.8, 4) is 0 Å². The molecule has 2 nitrogen and oxygen atoms in total. The number of hydrogen-bond acceptors (Lipinski definition) is 2. The minimum absolute atomic E-state index is 0.557. The standard InChI is InChI=1S/C9H16N2.C2H4Cl2/c1-2-5-9-10-6-4-8-11(9)7-3-1;3-1-2-4/h1-8H2;1-2H2. The van der Waals surface area contributed by atoms with Crippen molar-refractivity contribution in [3.05, 3.63) is 0 Å². The van der Waals surface area contributed by atoms with E-state index < -0.39 is 0 Å². The second-order valence-electron chi connectivity index (χ2n) is 3.83. The fraction of sp³-hybridized carbons (Fsp3) is 0.909. The van der Waals surface area contributed by atoms with Gasteiger partial charge < -0.3 is 4.90 Å². The zero-order valence-electron chi connectivity index (χ0n) is 9.22. The summed E-state index contributed by atoms with van der Waals surface area (Å²) in [5, 5.41) is 0. The molecule has 0 atom stereocenters. The van der Waals surface area contributed by atoms with Crippen LogP contribution in [0, 0.1) is 0 Å². The van der Waals surface area contributed by atoms with Gasteiger partial charge in [0, 0.05) is 37.8 Å². The number of alkyl halides is 2. The number of aliphatic imine (C=N–C) groups is 1. The van der Waals surface area contributed by atoms with E-state index in [1.807, 2.05) is 0 Å². The first-order valence-corrected chi connectivity index (χ1v) is 6.85. The Labute approximate surface area is 103 Å². The van der Waals surface area contributed by atoms with Gasteiger partial charge in [-0.3, -0.25) is 4.99 Å². The van der Waals surface area contributed by atoms with Crippen LogP contribution in [0.25, 0.3) is 0 Å². The van der Waals surface area contributed by atoms with Crippen molar-refractivity contribution in [2.24, 2.45) is 4.99 Å². The molecule has 4 heteroatoms. The second-order valence-corrected chi connectivity index (χ2v) is 4.58. The third-order valence-electron chi connectivity index (χ3n) is 2.65. The molecule has 0 aromatic rings. The van der Waals surface area contributed by atoms with Crippen LogP contribution in [0.1, 0.15) is 32.1 Å². The first-order valence-electron chi connectivity index (χ1n) is 5.78. The lowest BCUT2D eigenvalue weighted by Gasteiger charge is -2.27. The van der Waals surface area contributed by atoms with Crippen LogP contribution in [0.4, 0.5) is 0 Å². The summed E-state index contributed by atoms with van der Waals surface area (Å²) in [7, 11) is 0. The predicted octanol–water partition coefficient (Wildman–Crippen LogP) is 3.13. The number of nitrogens with zero attached hydrogens (tertiary/aromatic N) is 2. The van der Waals surface area contributed by atoms with Gasteiger partial charge in [0.25, 0.3) is 0 Å². The van der Waals surface area contributed by atoms with E-state index in [9.17, 15) is 0 Å². The normalized spacial score (nSPS) is 20.7. The summed E-state index contributed by atoms with van der Waals surface area (Å²) in [5.74, 6) is 2.51. The minimum Gasteiger partial charge on any atom is -0.360 e. The molecular weight excluding hydrogens is 231 g/mol. The van der Waals surface area contributed by atoms with E-state index in [1.165, 1.54) is 51.0 Å². The van der Waals surface area contributed by atoms with Crippen molar-refractivity contribution in [1.29, 1.82) is 0 Å². The summed E-state index contributed by atoms with van der Waals surface area (Å²) in [4.78, 5) is 7.04. The lowest BCUT2D eigenvalue weighted by atomic mass is 10.2. The number of amidine groups is 1. The molecule has 0 saturated carbocycles. The van der Waals surface area contributed by atoms with Gasteiger partial charge in [0.2, 0.25) is 0 Å². The summed E-state index contributed by atoms with van der Waals surface area (Å²) in [5.41, 5.74) is 0. The second kappa shape index (κ2) is 8.23. The lowest BCUT2D eigenvalue weighted by Crippen LogP contribution is -2.34. The van der Waals surface area contributed by atoms with Gasteiger partial charge in [-0.15, -0.1) is 23.2 Å². The Balaban J connectivity index is 0.000000245. The Morgan fingerprint density at radius 2 is 1.73 bits per heavy atom. The molecule has 0 N–H and O–H groups in total. The molecule has 0 radical (unpaired) electrons. The summed E-state index contributed by atoms with van der Waals surface area (Å²) in [6.45, 7) is 3.60. The molecule has 0 aromatic carbocycles. The van der Waals surface area contributed by atoms with Crippen LogP contribution in [0.2, 0.25) is 0 Å². The van der Waals surface area contributed by atoms with Gasteiger partial charge in [-0.05, 0) is 19.3 Å². The predicted molar refractivity (Wildman–Crippen MR) is 68.4 cm³/mol. The van der Waals surface area contributed by atoms with Gasteiger partial charge in [-0.1, -0.05) is 6.42 Å². The third-order valence-corrected chi connectivity index (χ3v) is 3.22. The molecular formula is C11H20Cl2N2. The minimum atomic E-state index is 0.557. The van der Waals surface area contributed by atoms with E-state index in [4.69, 9.17) is 23.2 Å². The molecule has 0 spiro atoms. The molecule has 1 saturated heterocycles. The molecule has 0 unspecified atom stereocenters. The average Bonchev–Trinajstić information content (AvgIpc) is 2.54. The Morgan fingerprint density at radius 3 is 2.47 bits per heavy atom. The maximum absolute atomic E-state index is 5.05. The summed E-state index contributed by atoms with van der Waals surface area (Å²) < 4.78 is 0. The van der Waals surface area contributed by atoms with Crippen LogP contribution in [-0.4, -0.2) is 42.1 Å². The molecule has 88 valence electrons. The largest absolute Gasteiger partial charge is 0.360 e. The quantitative estimate of drug-likeness (QED) is 0.654. The maximum Gasteiger partial charge on any atom is 0.0988 e. The lowest BCUT2D eigenvalue weighted by molar-refractivity contribution is 0.391. The molecule has 0 aromatic heterocycles.